The average Bonchev–Trinajstić information content (AvgIpc) is 2.40. The molecular weight excluding hydrogens is 255 g/mol. The topological polar surface area (TPSA) is 48.1 Å². The first-order chi connectivity index (χ1) is 8.69. The molecule has 0 radical (unpaired) electrons. The first kappa shape index (κ1) is 12.8. The van der Waals surface area contributed by atoms with Crippen molar-refractivity contribution < 1.29 is 9.13 Å². The van der Waals surface area contributed by atoms with Gasteiger partial charge in [0, 0.05) is 18.8 Å². The van der Waals surface area contributed by atoms with E-state index in [0.29, 0.717) is 18.9 Å². The Morgan fingerprint density at radius 3 is 2.83 bits per heavy atom. The molecule has 0 atom stereocenters. The van der Waals surface area contributed by atoms with E-state index in [4.69, 9.17) is 22.1 Å². The third kappa shape index (κ3) is 3.18. The van der Waals surface area contributed by atoms with Gasteiger partial charge in [-0.15, -0.1) is 0 Å². The van der Waals surface area contributed by atoms with Gasteiger partial charge in [-0.2, -0.15) is 0 Å². The Labute approximate surface area is 109 Å². The maximum absolute atomic E-state index is 13.0. The number of benzene rings is 1. The number of halogens is 2. The van der Waals surface area contributed by atoms with Gasteiger partial charge in [0.15, 0.2) is 0 Å². The smallest absolute Gasteiger partial charge is 0.142 e. The van der Waals surface area contributed by atoms with Crippen LogP contribution in [-0.2, 0) is 13.2 Å². The number of hydrogen-bond acceptors (Lipinski definition) is 3. The lowest BCUT2D eigenvalue weighted by molar-refractivity contribution is 0.305. The normalized spacial score (nSPS) is 10.4. The summed E-state index contributed by atoms with van der Waals surface area (Å²) in [5.41, 5.74) is 7.25. The molecule has 5 heteroatoms. The number of rotatable bonds is 4. The summed E-state index contributed by atoms with van der Waals surface area (Å²) in [4.78, 5) is 4.09. The predicted octanol–water partition coefficient (Wildman–Crippen LogP) is 2.91. The molecule has 94 valence electrons. The Bertz CT molecular complexity index is 548. The summed E-state index contributed by atoms with van der Waals surface area (Å²) in [6.07, 6.45) is 1.68. The van der Waals surface area contributed by atoms with Gasteiger partial charge in [0.1, 0.15) is 18.2 Å². The van der Waals surface area contributed by atoms with E-state index in [1.165, 1.54) is 18.2 Å². The Morgan fingerprint density at radius 1 is 1.28 bits per heavy atom. The van der Waals surface area contributed by atoms with Gasteiger partial charge in [-0.25, -0.2) is 4.39 Å². The number of pyridine rings is 1. The van der Waals surface area contributed by atoms with E-state index in [9.17, 15) is 4.39 Å². The Hall–Kier alpha value is -1.65. The van der Waals surface area contributed by atoms with Gasteiger partial charge in [-0.05, 0) is 29.8 Å². The van der Waals surface area contributed by atoms with E-state index in [1.54, 1.807) is 6.20 Å². The minimum Gasteiger partial charge on any atom is -0.489 e. The summed E-state index contributed by atoms with van der Waals surface area (Å²) in [5, 5.41) is 0.0462. The second-order valence-electron chi connectivity index (χ2n) is 3.72. The highest BCUT2D eigenvalue weighted by molar-refractivity contribution is 6.30. The number of ether oxygens (including phenoxy) is 1. The second-order valence-corrected chi connectivity index (χ2v) is 4.13. The molecule has 0 fully saturated rings. The quantitative estimate of drug-likeness (QED) is 0.926. The van der Waals surface area contributed by atoms with Crippen molar-refractivity contribution in [3.8, 4) is 5.75 Å². The summed E-state index contributed by atoms with van der Waals surface area (Å²) in [6.45, 7) is 0.744. The van der Waals surface area contributed by atoms with Crippen LogP contribution in [0.25, 0.3) is 0 Å². The van der Waals surface area contributed by atoms with Crippen LogP contribution in [0.1, 0.15) is 11.3 Å². The number of aromatic nitrogens is 1. The lowest BCUT2D eigenvalue weighted by Gasteiger charge is -2.07. The van der Waals surface area contributed by atoms with E-state index in [1.807, 2.05) is 12.1 Å². The fraction of sp³-hybridized carbons (Fsp3) is 0.154. The summed E-state index contributed by atoms with van der Waals surface area (Å²) >= 11 is 5.66. The van der Waals surface area contributed by atoms with Gasteiger partial charge in [0.25, 0.3) is 0 Å². The molecule has 0 unspecified atom stereocenters. The third-order valence-corrected chi connectivity index (χ3v) is 2.68. The zero-order valence-electron chi connectivity index (χ0n) is 9.57. The van der Waals surface area contributed by atoms with Crippen molar-refractivity contribution in [2.24, 2.45) is 5.73 Å². The number of nitrogens with zero attached hydrogens (tertiary/aromatic N) is 1. The number of nitrogens with two attached hydrogens (primary N) is 1. The van der Waals surface area contributed by atoms with Crippen molar-refractivity contribution in [1.82, 2.24) is 4.98 Å². The minimum atomic E-state index is -0.460. The lowest BCUT2D eigenvalue weighted by atomic mass is 10.2. The van der Waals surface area contributed by atoms with Crippen LogP contribution in [0, 0.1) is 5.82 Å². The Balaban J connectivity index is 2.04. The van der Waals surface area contributed by atoms with Crippen LogP contribution < -0.4 is 10.5 Å². The van der Waals surface area contributed by atoms with Crippen LogP contribution >= 0.6 is 11.6 Å². The largest absolute Gasteiger partial charge is 0.489 e. The maximum Gasteiger partial charge on any atom is 0.142 e. The van der Waals surface area contributed by atoms with E-state index in [0.717, 1.165) is 11.3 Å². The highest BCUT2D eigenvalue weighted by Gasteiger charge is 2.02. The average molecular weight is 267 g/mol. The highest BCUT2D eigenvalue weighted by atomic mass is 35.5. The van der Waals surface area contributed by atoms with Crippen molar-refractivity contribution in [1.29, 1.82) is 0 Å². The molecule has 1 aromatic carbocycles. The lowest BCUT2D eigenvalue weighted by Crippen LogP contribution is -2.02. The zero-order chi connectivity index (χ0) is 13.0. The summed E-state index contributed by atoms with van der Waals surface area (Å²) in [7, 11) is 0. The molecule has 3 nitrogen and oxygen atoms in total. The molecule has 2 N–H and O–H groups in total. The molecular formula is C13H12ClFN2O. The molecule has 0 bridgehead atoms. The maximum atomic E-state index is 13.0. The zero-order valence-corrected chi connectivity index (χ0v) is 10.3. The molecule has 0 aliphatic carbocycles. The van der Waals surface area contributed by atoms with Crippen LogP contribution in [0.15, 0.2) is 36.5 Å². The summed E-state index contributed by atoms with van der Waals surface area (Å²) < 4.78 is 18.5. The van der Waals surface area contributed by atoms with Crippen molar-refractivity contribution >= 4 is 11.6 Å². The van der Waals surface area contributed by atoms with Gasteiger partial charge in [0.2, 0.25) is 0 Å². The van der Waals surface area contributed by atoms with E-state index >= 15 is 0 Å². The van der Waals surface area contributed by atoms with Crippen molar-refractivity contribution in [2.45, 2.75) is 13.2 Å². The van der Waals surface area contributed by atoms with Crippen molar-refractivity contribution in [3.05, 3.63) is 58.6 Å². The van der Waals surface area contributed by atoms with Crippen molar-refractivity contribution in [2.75, 3.05) is 0 Å². The molecule has 2 aromatic rings. The van der Waals surface area contributed by atoms with Crippen LogP contribution in [-0.4, -0.2) is 4.98 Å². The van der Waals surface area contributed by atoms with Crippen LogP contribution in [0.5, 0.6) is 5.75 Å². The monoisotopic (exact) mass is 266 g/mol. The van der Waals surface area contributed by atoms with Crippen molar-refractivity contribution in [3.63, 3.8) is 0 Å². The van der Waals surface area contributed by atoms with Gasteiger partial charge in [-0.1, -0.05) is 11.6 Å². The molecule has 2 rings (SSSR count). The molecule has 18 heavy (non-hydrogen) atoms. The van der Waals surface area contributed by atoms with Crippen LogP contribution in [0.4, 0.5) is 4.39 Å². The fourth-order valence-electron chi connectivity index (χ4n) is 1.46. The second kappa shape index (κ2) is 5.80. The first-order valence-electron chi connectivity index (χ1n) is 5.41. The van der Waals surface area contributed by atoms with Gasteiger partial charge < -0.3 is 10.5 Å². The van der Waals surface area contributed by atoms with Crippen LogP contribution in [0.3, 0.4) is 0 Å². The standard InChI is InChI=1S/C13H12ClFN2O/c14-12-6-11(1-2-13(12)15)18-8-9-3-4-17-10(5-9)7-16/h1-6H,7-8,16H2. The van der Waals surface area contributed by atoms with Gasteiger partial charge in [-0.3, -0.25) is 4.98 Å². The summed E-state index contributed by atoms with van der Waals surface area (Å²) in [5.74, 6) is 0.0610. The molecule has 1 aromatic heterocycles. The number of hydrogen-bond donors (Lipinski definition) is 1. The molecule has 0 saturated heterocycles. The molecule has 0 spiro atoms. The Morgan fingerprint density at radius 2 is 2.11 bits per heavy atom. The minimum absolute atomic E-state index is 0.0462. The fourth-order valence-corrected chi connectivity index (χ4v) is 1.63. The molecule has 0 aliphatic rings. The van der Waals surface area contributed by atoms with E-state index in [2.05, 4.69) is 4.98 Å². The van der Waals surface area contributed by atoms with Crippen LogP contribution in [0.2, 0.25) is 5.02 Å². The van der Waals surface area contributed by atoms with Gasteiger partial charge in [0.05, 0.1) is 10.7 Å². The Kier molecular flexibility index (Phi) is 4.12. The van der Waals surface area contributed by atoms with E-state index < -0.39 is 5.82 Å². The van der Waals surface area contributed by atoms with E-state index in [-0.39, 0.29) is 5.02 Å². The van der Waals surface area contributed by atoms with Gasteiger partial charge >= 0.3 is 0 Å². The first-order valence-corrected chi connectivity index (χ1v) is 5.78. The summed E-state index contributed by atoms with van der Waals surface area (Å²) in [6, 6.07) is 7.96. The molecule has 0 amide bonds. The SMILES string of the molecule is NCc1cc(COc2ccc(F)c(Cl)c2)ccn1. The predicted molar refractivity (Wildman–Crippen MR) is 67.9 cm³/mol. The molecule has 0 saturated carbocycles. The molecule has 0 aliphatic heterocycles. The highest BCUT2D eigenvalue weighted by Crippen LogP contribution is 2.21. The molecule has 1 heterocycles. The third-order valence-electron chi connectivity index (χ3n) is 2.39.